The second kappa shape index (κ2) is 7.42. The van der Waals surface area contributed by atoms with E-state index in [2.05, 4.69) is 10.3 Å². The second-order valence-corrected chi connectivity index (χ2v) is 5.27. The molecule has 0 saturated heterocycles. The van der Waals surface area contributed by atoms with Gasteiger partial charge >= 0.3 is 5.97 Å². The van der Waals surface area contributed by atoms with Crippen LogP contribution in [0.3, 0.4) is 0 Å². The van der Waals surface area contributed by atoms with Crippen LogP contribution in [-0.2, 0) is 15.6 Å². The number of hydrogen-bond acceptors (Lipinski definition) is 4. The molecule has 0 fully saturated rings. The molecule has 0 aliphatic heterocycles. The van der Waals surface area contributed by atoms with Crippen LogP contribution in [0.4, 0.5) is 0 Å². The van der Waals surface area contributed by atoms with Crippen LogP contribution in [0.2, 0.25) is 0 Å². The fourth-order valence-electron chi connectivity index (χ4n) is 1.25. The van der Waals surface area contributed by atoms with Gasteiger partial charge in [-0.2, -0.15) is 0 Å². The van der Waals surface area contributed by atoms with Crippen LogP contribution in [0.1, 0.15) is 15.9 Å². The molecule has 1 amide bonds. The van der Waals surface area contributed by atoms with Crippen molar-refractivity contribution in [2.24, 2.45) is 0 Å². The SMILES string of the molecule is CS(=O)CCNC(=O)c1cncc(/C=C/C(=O)O)c1. The summed E-state index contributed by atoms with van der Waals surface area (Å²) in [5.74, 6) is -1.01. The van der Waals surface area contributed by atoms with Crippen molar-refractivity contribution in [1.82, 2.24) is 10.3 Å². The first kappa shape index (κ1) is 15.0. The molecule has 0 aliphatic carbocycles. The van der Waals surface area contributed by atoms with Crippen LogP contribution in [-0.4, -0.2) is 44.7 Å². The fourth-order valence-corrected chi connectivity index (χ4v) is 1.64. The molecule has 0 spiro atoms. The van der Waals surface area contributed by atoms with Gasteiger partial charge in [-0.25, -0.2) is 4.79 Å². The third-order valence-corrected chi connectivity index (χ3v) is 2.89. The third-order valence-electron chi connectivity index (χ3n) is 2.12. The molecule has 6 nitrogen and oxygen atoms in total. The van der Waals surface area contributed by atoms with Gasteiger partial charge in [0.25, 0.3) is 5.91 Å². The number of carbonyl (C=O) groups is 2. The van der Waals surface area contributed by atoms with E-state index in [9.17, 15) is 13.8 Å². The summed E-state index contributed by atoms with van der Waals surface area (Å²) in [6, 6.07) is 1.53. The molecule has 0 saturated carbocycles. The summed E-state index contributed by atoms with van der Waals surface area (Å²) in [5, 5.41) is 11.1. The van der Waals surface area contributed by atoms with E-state index in [0.717, 1.165) is 6.08 Å². The van der Waals surface area contributed by atoms with Crippen molar-refractivity contribution in [3.63, 3.8) is 0 Å². The van der Waals surface area contributed by atoms with Gasteiger partial charge in [-0.1, -0.05) is 0 Å². The Bertz CT molecular complexity index is 528. The maximum atomic E-state index is 11.7. The predicted octanol–water partition coefficient (Wildman–Crippen LogP) is 0.288. The van der Waals surface area contributed by atoms with Crippen molar-refractivity contribution in [1.29, 1.82) is 0 Å². The first-order valence-corrected chi connectivity index (χ1v) is 7.16. The van der Waals surface area contributed by atoms with Crippen LogP contribution < -0.4 is 5.32 Å². The van der Waals surface area contributed by atoms with Crippen molar-refractivity contribution in [2.75, 3.05) is 18.6 Å². The summed E-state index contributed by atoms with van der Waals surface area (Å²) in [6.07, 6.45) is 6.73. The molecule has 0 bridgehead atoms. The Morgan fingerprint density at radius 1 is 1.47 bits per heavy atom. The van der Waals surface area contributed by atoms with Crippen LogP contribution >= 0.6 is 0 Å². The monoisotopic (exact) mass is 282 g/mol. The first-order valence-electron chi connectivity index (χ1n) is 5.43. The van der Waals surface area contributed by atoms with Gasteiger partial charge in [0.2, 0.25) is 0 Å². The van der Waals surface area contributed by atoms with Crippen LogP contribution in [0.15, 0.2) is 24.5 Å². The summed E-state index contributed by atoms with van der Waals surface area (Å²) in [7, 11) is -0.958. The lowest BCUT2D eigenvalue weighted by atomic mass is 10.2. The molecule has 7 heteroatoms. The maximum absolute atomic E-state index is 11.7. The molecule has 102 valence electrons. The van der Waals surface area contributed by atoms with Gasteiger partial charge in [0.1, 0.15) is 0 Å². The average molecular weight is 282 g/mol. The summed E-state index contributed by atoms with van der Waals surface area (Å²) in [4.78, 5) is 26.0. The first-order chi connectivity index (χ1) is 8.99. The standard InChI is InChI=1S/C12H14N2O4S/c1-19(18)5-4-14-12(17)10-6-9(7-13-8-10)2-3-11(15)16/h2-3,6-8H,4-5H2,1H3,(H,14,17)(H,15,16)/b3-2+. The minimum Gasteiger partial charge on any atom is -0.478 e. The normalized spacial score (nSPS) is 12.3. The number of nitrogens with one attached hydrogen (secondary N) is 1. The van der Waals surface area contributed by atoms with E-state index < -0.39 is 16.8 Å². The Kier molecular flexibility index (Phi) is 5.87. The molecule has 2 N–H and O–H groups in total. The maximum Gasteiger partial charge on any atom is 0.328 e. The summed E-state index contributed by atoms with van der Waals surface area (Å²) < 4.78 is 10.8. The van der Waals surface area contributed by atoms with Gasteiger partial charge < -0.3 is 10.4 Å². The smallest absolute Gasteiger partial charge is 0.328 e. The summed E-state index contributed by atoms with van der Waals surface area (Å²) in [5.41, 5.74) is 0.851. The Morgan fingerprint density at radius 2 is 2.21 bits per heavy atom. The highest BCUT2D eigenvalue weighted by atomic mass is 32.2. The Morgan fingerprint density at radius 3 is 2.84 bits per heavy atom. The molecular weight excluding hydrogens is 268 g/mol. The zero-order valence-electron chi connectivity index (χ0n) is 10.3. The van der Waals surface area contributed by atoms with Crippen LogP contribution in [0.25, 0.3) is 6.08 Å². The molecular formula is C12H14N2O4S. The number of rotatable bonds is 6. The predicted molar refractivity (Wildman–Crippen MR) is 72.2 cm³/mol. The highest BCUT2D eigenvalue weighted by Gasteiger charge is 2.06. The van der Waals surface area contributed by atoms with E-state index in [1.54, 1.807) is 6.26 Å². The van der Waals surface area contributed by atoms with Gasteiger partial charge in [0, 0.05) is 47.8 Å². The van der Waals surface area contributed by atoms with Gasteiger partial charge in [0.15, 0.2) is 0 Å². The molecule has 0 radical (unpaired) electrons. The summed E-state index contributed by atoms with van der Waals surface area (Å²) >= 11 is 0. The number of carboxylic acid groups (broad SMARTS) is 1. The molecule has 19 heavy (non-hydrogen) atoms. The van der Waals surface area contributed by atoms with E-state index >= 15 is 0 Å². The molecule has 1 rings (SSSR count). The molecule has 1 unspecified atom stereocenters. The lowest BCUT2D eigenvalue weighted by molar-refractivity contribution is -0.131. The number of carbonyl (C=O) groups excluding carboxylic acids is 1. The molecule has 1 heterocycles. The van der Waals surface area contributed by atoms with Gasteiger partial charge in [-0.15, -0.1) is 0 Å². The van der Waals surface area contributed by atoms with E-state index in [1.807, 2.05) is 0 Å². The minimum atomic E-state index is -1.07. The molecule has 0 aromatic carbocycles. The number of nitrogens with zero attached hydrogens (tertiary/aromatic N) is 1. The topological polar surface area (TPSA) is 96.4 Å². The molecule has 1 aromatic rings. The van der Waals surface area contributed by atoms with Crippen LogP contribution in [0, 0.1) is 0 Å². The minimum absolute atomic E-state index is 0.317. The van der Waals surface area contributed by atoms with Crippen molar-refractivity contribution in [3.8, 4) is 0 Å². The number of hydrogen-bond donors (Lipinski definition) is 2. The van der Waals surface area contributed by atoms with E-state index in [4.69, 9.17) is 5.11 Å². The quantitative estimate of drug-likeness (QED) is 0.731. The zero-order chi connectivity index (χ0) is 14.3. The Labute approximate surface area is 113 Å². The third kappa shape index (κ3) is 5.91. The molecule has 1 aromatic heterocycles. The largest absolute Gasteiger partial charge is 0.478 e. The highest BCUT2D eigenvalue weighted by molar-refractivity contribution is 7.84. The van der Waals surface area contributed by atoms with E-state index in [1.165, 1.54) is 24.5 Å². The number of amides is 1. The van der Waals surface area contributed by atoms with Gasteiger partial charge in [0.05, 0.1) is 5.56 Å². The lowest BCUT2D eigenvalue weighted by Gasteiger charge is -2.04. The second-order valence-electron chi connectivity index (χ2n) is 3.71. The van der Waals surface area contributed by atoms with Crippen LogP contribution in [0.5, 0.6) is 0 Å². The van der Waals surface area contributed by atoms with Gasteiger partial charge in [-0.05, 0) is 17.7 Å². The number of aromatic nitrogens is 1. The summed E-state index contributed by atoms with van der Waals surface area (Å²) in [6.45, 7) is 0.317. The van der Waals surface area contributed by atoms with Crippen molar-refractivity contribution < 1.29 is 18.9 Å². The van der Waals surface area contributed by atoms with Gasteiger partial charge in [-0.3, -0.25) is 14.0 Å². The van der Waals surface area contributed by atoms with Crippen molar-refractivity contribution >= 4 is 28.8 Å². The molecule has 0 aliphatic rings. The van der Waals surface area contributed by atoms with Crippen molar-refractivity contribution in [2.45, 2.75) is 0 Å². The molecule has 1 atom stereocenters. The fraction of sp³-hybridized carbons (Fsp3) is 0.250. The average Bonchev–Trinajstić information content (AvgIpc) is 2.36. The van der Waals surface area contributed by atoms with E-state index in [-0.39, 0.29) is 5.91 Å². The van der Waals surface area contributed by atoms with Crippen molar-refractivity contribution in [3.05, 3.63) is 35.7 Å². The number of carboxylic acids is 1. The Hall–Kier alpha value is -2.02. The Balaban J connectivity index is 2.67. The number of aliphatic carboxylic acids is 1. The highest BCUT2D eigenvalue weighted by Crippen LogP contribution is 2.04. The zero-order valence-corrected chi connectivity index (χ0v) is 11.1. The van der Waals surface area contributed by atoms with E-state index in [0.29, 0.717) is 23.4 Å². The number of pyridine rings is 1. The lowest BCUT2D eigenvalue weighted by Crippen LogP contribution is -2.27.